The Hall–Kier alpha value is -2.75. The van der Waals surface area contributed by atoms with Gasteiger partial charge in [0, 0.05) is 39.3 Å². The number of hydrogen-bond acceptors (Lipinski definition) is 6. The van der Waals surface area contributed by atoms with Gasteiger partial charge in [-0.1, -0.05) is 36.4 Å². The fraction of sp³-hybridized carbons (Fsp3) is 0.462. The van der Waals surface area contributed by atoms with Crippen LogP contribution in [0.2, 0.25) is 0 Å². The molecule has 188 valence electrons. The molecule has 9 heteroatoms. The Balaban J connectivity index is 1.35. The van der Waals surface area contributed by atoms with E-state index in [1.807, 2.05) is 47.4 Å². The number of piperazine rings is 1. The highest BCUT2D eigenvalue weighted by atomic mass is 32.2. The van der Waals surface area contributed by atoms with Crippen molar-refractivity contribution in [1.82, 2.24) is 14.1 Å². The predicted octanol–water partition coefficient (Wildman–Crippen LogP) is 2.07. The van der Waals surface area contributed by atoms with Crippen molar-refractivity contribution in [2.45, 2.75) is 37.1 Å². The summed E-state index contributed by atoms with van der Waals surface area (Å²) in [4.78, 5) is 28.7. The van der Waals surface area contributed by atoms with Crippen molar-refractivity contribution in [3.8, 4) is 0 Å². The van der Waals surface area contributed by atoms with E-state index >= 15 is 0 Å². The molecule has 0 radical (unpaired) electrons. The second-order valence-electron chi connectivity index (χ2n) is 9.09. The van der Waals surface area contributed by atoms with E-state index in [2.05, 4.69) is 0 Å². The van der Waals surface area contributed by atoms with Gasteiger partial charge in [0.1, 0.15) is 0 Å². The standard InChI is InChI=1S/C26H33N3O5S/c1-34-26(31)12-13-27(19-21-6-3-2-4-7-21)20-25(30)28-14-16-29(17-15-28)35(32,33)24-11-10-22-8-5-9-23(22)18-24/h2-4,6-7,10-11,18H,5,8-9,12-17,19-20H2,1H3. The molecule has 4 rings (SSSR count). The lowest BCUT2D eigenvalue weighted by atomic mass is 10.1. The SMILES string of the molecule is COC(=O)CCN(CC(=O)N1CCN(S(=O)(=O)c2ccc3c(c2)CCC3)CC1)Cc1ccccc1. The molecule has 1 amide bonds. The van der Waals surface area contributed by atoms with Crippen molar-refractivity contribution in [1.29, 1.82) is 0 Å². The first kappa shape index (κ1) is 25.3. The third kappa shape index (κ3) is 6.28. The van der Waals surface area contributed by atoms with Gasteiger partial charge in [-0.25, -0.2) is 8.42 Å². The number of hydrogen-bond donors (Lipinski definition) is 0. The number of rotatable bonds is 9. The average molecular weight is 500 g/mol. The molecule has 1 aliphatic heterocycles. The molecule has 2 aromatic rings. The number of carbonyl (C=O) groups excluding carboxylic acids is 2. The van der Waals surface area contributed by atoms with Crippen molar-refractivity contribution in [2.75, 3.05) is 46.4 Å². The van der Waals surface area contributed by atoms with E-state index in [9.17, 15) is 18.0 Å². The lowest BCUT2D eigenvalue weighted by Gasteiger charge is -2.35. The number of nitrogens with zero attached hydrogens (tertiary/aromatic N) is 3. The van der Waals surface area contributed by atoms with Crippen molar-refractivity contribution in [3.63, 3.8) is 0 Å². The van der Waals surface area contributed by atoms with Crippen LogP contribution in [0.25, 0.3) is 0 Å². The molecule has 0 saturated carbocycles. The molecular weight excluding hydrogens is 466 g/mol. The molecule has 8 nitrogen and oxygen atoms in total. The molecule has 1 heterocycles. The molecule has 0 atom stereocenters. The number of ether oxygens (including phenoxy) is 1. The van der Waals surface area contributed by atoms with Gasteiger partial charge in [-0.05, 0) is 48.1 Å². The Kier molecular flexibility index (Phi) is 8.20. The van der Waals surface area contributed by atoms with Gasteiger partial charge in [-0.3, -0.25) is 14.5 Å². The number of carbonyl (C=O) groups is 2. The minimum absolute atomic E-state index is 0.0691. The van der Waals surface area contributed by atoms with Gasteiger partial charge in [-0.2, -0.15) is 4.31 Å². The molecule has 35 heavy (non-hydrogen) atoms. The number of esters is 1. The Labute approximate surface area is 207 Å². The van der Waals surface area contributed by atoms with Gasteiger partial charge in [0.25, 0.3) is 0 Å². The minimum Gasteiger partial charge on any atom is -0.469 e. The highest BCUT2D eigenvalue weighted by molar-refractivity contribution is 7.89. The Morgan fingerprint density at radius 2 is 1.69 bits per heavy atom. The van der Waals surface area contributed by atoms with Crippen LogP contribution in [0.15, 0.2) is 53.4 Å². The van der Waals surface area contributed by atoms with E-state index in [4.69, 9.17) is 4.74 Å². The van der Waals surface area contributed by atoms with Crippen LogP contribution in [0.1, 0.15) is 29.5 Å². The van der Waals surface area contributed by atoms with Crippen molar-refractivity contribution >= 4 is 21.9 Å². The summed E-state index contributed by atoms with van der Waals surface area (Å²) in [6.07, 6.45) is 3.21. The second-order valence-corrected chi connectivity index (χ2v) is 11.0. The quantitative estimate of drug-likeness (QED) is 0.491. The third-order valence-electron chi connectivity index (χ3n) is 6.77. The molecule has 2 aliphatic rings. The monoisotopic (exact) mass is 499 g/mol. The topological polar surface area (TPSA) is 87.2 Å². The van der Waals surface area contributed by atoms with Crippen LogP contribution in [0.3, 0.4) is 0 Å². The molecular formula is C26H33N3O5S. The fourth-order valence-electron chi connectivity index (χ4n) is 4.73. The van der Waals surface area contributed by atoms with E-state index in [0.29, 0.717) is 31.1 Å². The van der Waals surface area contributed by atoms with E-state index in [0.717, 1.165) is 30.4 Å². The summed E-state index contributed by atoms with van der Waals surface area (Å²) in [6, 6.07) is 15.2. The highest BCUT2D eigenvalue weighted by Crippen LogP contribution is 2.26. The molecule has 0 unspecified atom stereocenters. The molecule has 1 fully saturated rings. The maximum absolute atomic E-state index is 13.2. The predicted molar refractivity (Wildman–Crippen MR) is 132 cm³/mol. The first-order chi connectivity index (χ1) is 16.9. The minimum atomic E-state index is -3.58. The van der Waals surface area contributed by atoms with Crippen LogP contribution in [0.4, 0.5) is 0 Å². The van der Waals surface area contributed by atoms with Crippen molar-refractivity contribution in [3.05, 3.63) is 65.2 Å². The van der Waals surface area contributed by atoms with Crippen LogP contribution < -0.4 is 0 Å². The first-order valence-corrected chi connectivity index (χ1v) is 13.5. The summed E-state index contributed by atoms with van der Waals surface area (Å²) in [5, 5.41) is 0. The summed E-state index contributed by atoms with van der Waals surface area (Å²) >= 11 is 0. The first-order valence-electron chi connectivity index (χ1n) is 12.1. The van der Waals surface area contributed by atoms with Gasteiger partial charge in [-0.15, -0.1) is 0 Å². The average Bonchev–Trinajstić information content (AvgIpc) is 3.36. The van der Waals surface area contributed by atoms with Crippen LogP contribution in [0.5, 0.6) is 0 Å². The van der Waals surface area contributed by atoms with Crippen LogP contribution in [0, 0.1) is 0 Å². The van der Waals surface area contributed by atoms with E-state index in [1.165, 1.54) is 17.0 Å². The van der Waals surface area contributed by atoms with Crippen LogP contribution in [-0.4, -0.2) is 80.8 Å². The summed E-state index contributed by atoms with van der Waals surface area (Å²) in [7, 11) is -2.23. The molecule has 0 bridgehead atoms. The van der Waals surface area contributed by atoms with Crippen LogP contribution in [-0.2, 0) is 43.7 Å². The molecule has 0 aromatic heterocycles. The summed E-state index contributed by atoms with van der Waals surface area (Å²) in [5.41, 5.74) is 3.42. The van der Waals surface area contributed by atoms with Gasteiger partial charge in [0.05, 0.1) is 25.0 Å². The molecule has 0 spiro atoms. The third-order valence-corrected chi connectivity index (χ3v) is 8.66. The second kappa shape index (κ2) is 11.3. The molecule has 2 aromatic carbocycles. The number of methoxy groups -OCH3 is 1. The summed E-state index contributed by atoms with van der Waals surface area (Å²) in [6.45, 7) is 2.33. The van der Waals surface area contributed by atoms with Crippen molar-refractivity contribution < 1.29 is 22.7 Å². The molecule has 1 aliphatic carbocycles. The van der Waals surface area contributed by atoms with Crippen LogP contribution >= 0.6 is 0 Å². The highest BCUT2D eigenvalue weighted by Gasteiger charge is 2.31. The number of sulfonamides is 1. The summed E-state index contributed by atoms with van der Waals surface area (Å²) < 4.78 is 32.6. The Morgan fingerprint density at radius 3 is 2.40 bits per heavy atom. The van der Waals surface area contributed by atoms with Crippen molar-refractivity contribution in [2.24, 2.45) is 0 Å². The van der Waals surface area contributed by atoms with E-state index < -0.39 is 10.0 Å². The smallest absolute Gasteiger partial charge is 0.306 e. The maximum Gasteiger partial charge on any atom is 0.306 e. The zero-order valence-corrected chi connectivity index (χ0v) is 21.0. The van der Waals surface area contributed by atoms with E-state index in [1.54, 1.807) is 11.0 Å². The van der Waals surface area contributed by atoms with Gasteiger partial charge in [0.15, 0.2) is 0 Å². The normalized spacial score (nSPS) is 16.3. The van der Waals surface area contributed by atoms with Gasteiger partial charge >= 0.3 is 5.97 Å². The Morgan fingerprint density at radius 1 is 0.971 bits per heavy atom. The number of aryl methyl sites for hydroxylation is 2. The lowest BCUT2D eigenvalue weighted by Crippen LogP contribution is -2.52. The summed E-state index contributed by atoms with van der Waals surface area (Å²) in [5.74, 6) is -0.388. The lowest BCUT2D eigenvalue weighted by molar-refractivity contribution is -0.142. The Bertz CT molecular complexity index is 1140. The zero-order valence-electron chi connectivity index (χ0n) is 20.2. The molecule has 1 saturated heterocycles. The van der Waals surface area contributed by atoms with Gasteiger partial charge in [0.2, 0.25) is 15.9 Å². The zero-order chi connectivity index (χ0) is 24.8. The van der Waals surface area contributed by atoms with E-state index in [-0.39, 0.29) is 37.9 Å². The number of benzene rings is 2. The number of amides is 1. The van der Waals surface area contributed by atoms with Gasteiger partial charge < -0.3 is 9.64 Å². The maximum atomic E-state index is 13.2. The fourth-order valence-corrected chi connectivity index (χ4v) is 6.21. The number of fused-ring (bicyclic) bond motifs is 1. The molecule has 0 N–H and O–H groups in total. The largest absolute Gasteiger partial charge is 0.469 e.